The van der Waals surface area contributed by atoms with Gasteiger partial charge in [-0.1, -0.05) is 30.3 Å². The van der Waals surface area contributed by atoms with Gasteiger partial charge >= 0.3 is 5.97 Å². The maximum absolute atomic E-state index is 11.3. The van der Waals surface area contributed by atoms with E-state index in [4.69, 9.17) is 9.47 Å². The van der Waals surface area contributed by atoms with Crippen molar-refractivity contribution >= 4 is 5.97 Å². The van der Waals surface area contributed by atoms with Crippen LogP contribution in [-0.2, 0) is 20.9 Å². The van der Waals surface area contributed by atoms with Gasteiger partial charge in [-0.25, -0.2) is 0 Å². The molecule has 0 aliphatic carbocycles. The Bertz CT molecular complexity index is 441. The zero-order chi connectivity index (χ0) is 16.3. The number of likely N-dealkylation sites (tertiary alicyclic amines) is 1. The van der Waals surface area contributed by atoms with E-state index in [1.165, 1.54) is 5.56 Å². The second-order valence-corrected chi connectivity index (χ2v) is 6.10. The first-order valence-electron chi connectivity index (χ1n) is 8.81. The fourth-order valence-electron chi connectivity index (χ4n) is 2.93. The molecule has 0 radical (unpaired) electrons. The maximum Gasteiger partial charge on any atom is 0.305 e. The van der Waals surface area contributed by atoms with Gasteiger partial charge in [-0.2, -0.15) is 0 Å². The van der Waals surface area contributed by atoms with Crippen molar-refractivity contribution in [3.63, 3.8) is 0 Å². The molecule has 1 fully saturated rings. The number of unbranched alkanes of at least 4 members (excludes halogenated alkanes) is 1. The topological polar surface area (TPSA) is 38.8 Å². The first kappa shape index (κ1) is 18.0. The first-order valence-corrected chi connectivity index (χ1v) is 8.81. The van der Waals surface area contributed by atoms with E-state index in [2.05, 4.69) is 29.2 Å². The standard InChI is InChI=1S/C19H29NO3/c1-2-22-19(21)10-6-7-13-20-14-11-18(12-15-20)23-16-17-8-4-3-5-9-17/h3-5,8-9,18H,2,6-7,10-16H2,1H3. The fraction of sp³-hybridized carbons (Fsp3) is 0.632. The van der Waals surface area contributed by atoms with Gasteiger partial charge in [0.1, 0.15) is 0 Å². The molecule has 0 aromatic heterocycles. The van der Waals surface area contributed by atoms with Gasteiger partial charge in [0, 0.05) is 19.5 Å². The molecule has 0 amide bonds. The molecule has 4 nitrogen and oxygen atoms in total. The Balaban J connectivity index is 1.53. The second kappa shape index (κ2) is 10.4. The molecule has 0 saturated carbocycles. The Kier molecular flexibility index (Phi) is 8.12. The molecule has 2 rings (SSSR count). The molecular weight excluding hydrogens is 290 g/mol. The zero-order valence-corrected chi connectivity index (χ0v) is 14.2. The number of esters is 1. The summed E-state index contributed by atoms with van der Waals surface area (Å²) in [6, 6.07) is 10.4. The van der Waals surface area contributed by atoms with E-state index in [0.717, 1.165) is 45.3 Å². The Morgan fingerprint density at radius 3 is 2.61 bits per heavy atom. The first-order chi connectivity index (χ1) is 11.3. The summed E-state index contributed by atoms with van der Waals surface area (Å²) in [5.74, 6) is -0.0690. The predicted molar refractivity (Wildman–Crippen MR) is 91.2 cm³/mol. The summed E-state index contributed by atoms with van der Waals surface area (Å²) in [4.78, 5) is 13.8. The molecule has 0 spiro atoms. The normalized spacial score (nSPS) is 16.4. The predicted octanol–water partition coefficient (Wildman–Crippen LogP) is 3.40. The van der Waals surface area contributed by atoms with Crippen molar-refractivity contribution in [1.29, 1.82) is 0 Å². The summed E-state index contributed by atoms with van der Waals surface area (Å²) >= 11 is 0. The van der Waals surface area contributed by atoms with Crippen LogP contribution in [0.4, 0.5) is 0 Å². The summed E-state index contributed by atoms with van der Waals surface area (Å²) in [7, 11) is 0. The number of carbonyl (C=O) groups excluding carboxylic acids is 1. The highest BCUT2D eigenvalue weighted by Crippen LogP contribution is 2.16. The van der Waals surface area contributed by atoms with Crippen LogP contribution >= 0.6 is 0 Å². The molecule has 0 N–H and O–H groups in total. The van der Waals surface area contributed by atoms with Gasteiger partial charge in [-0.3, -0.25) is 4.79 Å². The Morgan fingerprint density at radius 1 is 1.17 bits per heavy atom. The minimum atomic E-state index is -0.0690. The van der Waals surface area contributed by atoms with E-state index in [1.54, 1.807) is 0 Å². The molecule has 1 aliphatic rings. The average molecular weight is 319 g/mol. The van der Waals surface area contributed by atoms with Crippen LogP contribution in [0.1, 0.15) is 44.6 Å². The van der Waals surface area contributed by atoms with Crippen LogP contribution in [0.3, 0.4) is 0 Å². The lowest BCUT2D eigenvalue weighted by atomic mass is 10.1. The molecular formula is C19H29NO3. The lowest BCUT2D eigenvalue weighted by Crippen LogP contribution is -2.37. The largest absolute Gasteiger partial charge is 0.466 e. The lowest BCUT2D eigenvalue weighted by molar-refractivity contribution is -0.143. The van der Waals surface area contributed by atoms with Crippen molar-refractivity contribution in [2.24, 2.45) is 0 Å². The van der Waals surface area contributed by atoms with Crippen LogP contribution in [0.15, 0.2) is 30.3 Å². The van der Waals surface area contributed by atoms with Gasteiger partial charge < -0.3 is 14.4 Å². The van der Waals surface area contributed by atoms with Crippen molar-refractivity contribution in [2.75, 3.05) is 26.2 Å². The third kappa shape index (κ3) is 7.14. The number of rotatable bonds is 9. The van der Waals surface area contributed by atoms with E-state index in [1.807, 2.05) is 13.0 Å². The highest BCUT2D eigenvalue weighted by atomic mass is 16.5. The van der Waals surface area contributed by atoms with E-state index >= 15 is 0 Å². The van der Waals surface area contributed by atoms with Crippen molar-refractivity contribution in [3.05, 3.63) is 35.9 Å². The third-order valence-electron chi connectivity index (χ3n) is 4.27. The number of hydrogen-bond donors (Lipinski definition) is 0. The highest BCUT2D eigenvalue weighted by Gasteiger charge is 2.19. The second-order valence-electron chi connectivity index (χ2n) is 6.10. The smallest absolute Gasteiger partial charge is 0.305 e. The number of carbonyl (C=O) groups is 1. The summed E-state index contributed by atoms with van der Waals surface area (Å²) in [6.07, 6.45) is 5.11. The van der Waals surface area contributed by atoms with Gasteiger partial charge in [-0.15, -0.1) is 0 Å². The van der Waals surface area contributed by atoms with Crippen LogP contribution < -0.4 is 0 Å². The molecule has 128 valence electrons. The molecule has 0 unspecified atom stereocenters. The lowest BCUT2D eigenvalue weighted by Gasteiger charge is -2.31. The number of ether oxygens (including phenoxy) is 2. The van der Waals surface area contributed by atoms with Crippen LogP contribution in [0.5, 0.6) is 0 Å². The van der Waals surface area contributed by atoms with Crippen LogP contribution in [0.2, 0.25) is 0 Å². The van der Waals surface area contributed by atoms with Crippen molar-refractivity contribution < 1.29 is 14.3 Å². The summed E-state index contributed by atoms with van der Waals surface area (Å²) in [5, 5.41) is 0. The Hall–Kier alpha value is -1.39. The fourth-order valence-corrected chi connectivity index (χ4v) is 2.93. The molecule has 1 aromatic carbocycles. The van der Waals surface area contributed by atoms with Crippen molar-refractivity contribution in [2.45, 2.75) is 51.7 Å². The molecule has 0 atom stereocenters. The van der Waals surface area contributed by atoms with Crippen molar-refractivity contribution in [3.8, 4) is 0 Å². The molecule has 1 heterocycles. The maximum atomic E-state index is 11.3. The molecule has 23 heavy (non-hydrogen) atoms. The molecule has 1 aromatic rings. The highest BCUT2D eigenvalue weighted by molar-refractivity contribution is 5.69. The Labute approximate surface area is 139 Å². The number of nitrogens with zero attached hydrogens (tertiary/aromatic N) is 1. The van der Waals surface area contributed by atoms with Gasteiger partial charge in [0.2, 0.25) is 0 Å². The van der Waals surface area contributed by atoms with E-state index in [0.29, 0.717) is 25.7 Å². The van der Waals surface area contributed by atoms with Crippen LogP contribution in [0.25, 0.3) is 0 Å². The molecule has 4 heteroatoms. The van der Waals surface area contributed by atoms with Gasteiger partial charge in [-0.05, 0) is 44.7 Å². The van der Waals surface area contributed by atoms with E-state index < -0.39 is 0 Å². The minimum Gasteiger partial charge on any atom is -0.466 e. The van der Waals surface area contributed by atoms with Gasteiger partial charge in [0.05, 0.1) is 19.3 Å². The van der Waals surface area contributed by atoms with Gasteiger partial charge in [0.15, 0.2) is 0 Å². The molecule has 1 aliphatic heterocycles. The number of hydrogen-bond acceptors (Lipinski definition) is 4. The van der Waals surface area contributed by atoms with Gasteiger partial charge in [0.25, 0.3) is 0 Å². The summed E-state index contributed by atoms with van der Waals surface area (Å²) < 4.78 is 11.0. The molecule has 1 saturated heterocycles. The van der Waals surface area contributed by atoms with E-state index in [-0.39, 0.29) is 5.97 Å². The number of benzene rings is 1. The van der Waals surface area contributed by atoms with Crippen LogP contribution in [0, 0.1) is 0 Å². The number of piperidine rings is 1. The quantitative estimate of drug-likeness (QED) is 0.516. The summed E-state index contributed by atoms with van der Waals surface area (Å²) in [5.41, 5.74) is 1.24. The molecule has 0 bridgehead atoms. The van der Waals surface area contributed by atoms with Crippen molar-refractivity contribution in [1.82, 2.24) is 4.90 Å². The minimum absolute atomic E-state index is 0.0690. The monoisotopic (exact) mass is 319 g/mol. The zero-order valence-electron chi connectivity index (χ0n) is 14.2. The SMILES string of the molecule is CCOC(=O)CCCCN1CCC(OCc2ccccc2)CC1. The summed E-state index contributed by atoms with van der Waals surface area (Å²) in [6.45, 7) is 6.31. The Morgan fingerprint density at radius 2 is 1.91 bits per heavy atom. The third-order valence-corrected chi connectivity index (χ3v) is 4.27. The van der Waals surface area contributed by atoms with Crippen LogP contribution in [-0.4, -0.2) is 43.2 Å². The van der Waals surface area contributed by atoms with E-state index in [9.17, 15) is 4.79 Å². The average Bonchev–Trinajstić information content (AvgIpc) is 2.59.